The van der Waals surface area contributed by atoms with E-state index in [0.717, 1.165) is 37.4 Å². The highest BCUT2D eigenvalue weighted by Gasteiger charge is 2.40. The Morgan fingerprint density at radius 3 is 2.73 bits per heavy atom. The molecule has 2 aromatic rings. The first kappa shape index (κ1) is 22.7. The highest BCUT2D eigenvalue weighted by molar-refractivity contribution is 5.28. The second-order valence-electron chi connectivity index (χ2n) is 8.39. The van der Waals surface area contributed by atoms with E-state index in [9.17, 15) is 9.50 Å². The van der Waals surface area contributed by atoms with E-state index in [1.165, 1.54) is 6.07 Å². The molecular formula is C24H34FN3O2. The zero-order valence-corrected chi connectivity index (χ0v) is 18.2. The Kier molecular flexibility index (Phi) is 8.22. The van der Waals surface area contributed by atoms with Crippen LogP contribution in [0.3, 0.4) is 0 Å². The fourth-order valence-corrected chi connectivity index (χ4v) is 4.28. The van der Waals surface area contributed by atoms with Crippen LogP contribution in [-0.2, 0) is 6.54 Å². The Bertz CT molecular complexity index is 802. The standard InChI is InChI=1S/C24H34FN3O2/c1-27(2)11-12-30-21-8-6-7-18(13-21)15-26-16-19-14-20(17-29)28(3)24(19)22-9-4-5-10-23(22)25/h4-10,13,19-20,24,26,29H,11-12,14-17H2,1-3H3/t19-,20+,24-/m1/s1. The summed E-state index contributed by atoms with van der Waals surface area (Å²) in [6.07, 6.45) is 0.840. The van der Waals surface area contributed by atoms with Crippen LogP contribution in [0.4, 0.5) is 4.39 Å². The summed E-state index contributed by atoms with van der Waals surface area (Å²) in [6.45, 7) is 3.10. The lowest BCUT2D eigenvalue weighted by Gasteiger charge is -2.28. The van der Waals surface area contributed by atoms with Gasteiger partial charge in [-0.2, -0.15) is 0 Å². The molecule has 0 spiro atoms. The van der Waals surface area contributed by atoms with E-state index in [0.29, 0.717) is 12.2 Å². The maximum Gasteiger partial charge on any atom is 0.127 e. The van der Waals surface area contributed by atoms with Gasteiger partial charge in [-0.1, -0.05) is 30.3 Å². The van der Waals surface area contributed by atoms with Gasteiger partial charge in [0.15, 0.2) is 0 Å². The molecule has 1 fully saturated rings. The number of aliphatic hydroxyl groups excluding tert-OH is 1. The van der Waals surface area contributed by atoms with Gasteiger partial charge in [0.05, 0.1) is 6.61 Å². The van der Waals surface area contributed by atoms with Gasteiger partial charge in [-0.15, -0.1) is 0 Å². The van der Waals surface area contributed by atoms with Crippen LogP contribution in [0.1, 0.15) is 23.6 Å². The zero-order valence-electron chi connectivity index (χ0n) is 18.2. The smallest absolute Gasteiger partial charge is 0.127 e. The van der Waals surface area contributed by atoms with Crippen LogP contribution in [0.15, 0.2) is 48.5 Å². The minimum absolute atomic E-state index is 0.0449. The maximum atomic E-state index is 14.5. The molecule has 1 aliphatic rings. The number of ether oxygens (including phenoxy) is 1. The third-order valence-electron chi connectivity index (χ3n) is 5.91. The van der Waals surface area contributed by atoms with Gasteiger partial charge in [-0.05, 0) is 57.2 Å². The summed E-state index contributed by atoms with van der Waals surface area (Å²) < 4.78 is 20.3. The second kappa shape index (κ2) is 10.9. The first-order chi connectivity index (χ1) is 14.5. The van der Waals surface area contributed by atoms with Gasteiger partial charge in [0.25, 0.3) is 0 Å². The van der Waals surface area contributed by atoms with Crippen molar-refractivity contribution in [3.8, 4) is 5.75 Å². The Balaban J connectivity index is 1.59. The summed E-state index contributed by atoms with van der Waals surface area (Å²) in [5, 5.41) is 13.3. The Morgan fingerprint density at radius 2 is 2.00 bits per heavy atom. The summed E-state index contributed by atoms with van der Waals surface area (Å²) >= 11 is 0. The lowest BCUT2D eigenvalue weighted by Crippen LogP contribution is -2.32. The van der Waals surface area contributed by atoms with E-state index < -0.39 is 0 Å². The minimum Gasteiger partial charge on any atom is -0.492 e. The number of nitrogens with one attached hydrogen (secondary N) is 1. The van der Waals surface area contributed by atoms with Crippen molar-refractivity contribution in [3.63, 3.8) is 0 Å². The predicted molar refractivity (Wildman–Crippen MR) is 118 cm³/mol. The SMILES string of the molecule is CN(C)CCOc1cccc(CNC[C@H]2C[C@@H](CO)N(C)[C@H]2c2ccccc2F)c1. The number of aliphatic hydroxyl groups is 1. The number of benzene rings is 2. The summed E-state index contributed by atoms with van der Waals surface area (Å²) in [7, 11) is 6.03. The molecule has 30 heavy (non-hydrogen) atoms. The van der Waals surface area contributed by atoms with E-state index in [1.807, 2.05) is 45.4 Å². The fourth-order valence-electron chi connectivity index (χ4n) is 4.28. The van der Waals surface area contributed by atoms with Crippen molar-refractivity contribution in [1.29, 1.82) is 0 Å². The quantitative estimate of drug-likeness (QED) is 0.625. The Morgan fingerprint density at radius 1 is 1.20 bits per heavy atom. The highest BCUT2D eigenvalue weighted by atomic mass is 19.1. The van der Waals surface area contributed by atoms with Crippen molar-refractivity contribution in [2.45, 2.75) is 25.0 Å². The Hall–Kier alpha value is -1.99. The fraction of sp³-hybridized carbons (Fsp3) is 0.500. The molecule has 0 aromatic heterocycles. The van der Waals surface area contributed by atoms with Crippen LogP contribution in [0.2, 0.25) is 0 Å². The normalized spacial score (nSPS) is 22.0. The van der Waals surface area contributed by atoms with Crippen molar-refractivity contribution < 1.29 is 14.2 Å². The van der Waals surface area contributed by atoms with E-state index in [4.69, 9.17) is 4.74 Å². The summed E-state index contributed by atoms with van der Waals surface area (Å²) in [6, 6.07) is 15.1. The molecule has 0 saturated carbocycles. The monoisotopic (exact) mass is 415 g/mol. The first-order valence-electron chi connectivity index (χ1n) is 10.6. The average Bonchev–Trinajstić information content (AvgIpc) is 3.04. The maximum absolute atomic E-state index is 14.5. The summed E-state index contributed by atoms with van der Waals surface area (Å²) in [4.78, 5) is 4.21. The third kappa shape index (κ3) is 5.79. The number of rotatable bonds is 10. The number of hydrogen-bond acceptors (Lipinski definition) is 5. The molecule has 0 bridgehead atoms. The topological polar surface area (TPSA) is 48.0 Å². The average molecular weight is 416 g/mol. The number of nitrogens with zero attached hydrogens (tertiary/aromatic N) is 2. The molecule has 2 aromatic carbocycles. The molecule has 3 rings (SSSR count). The predicted octanol–water partition coefficient (Wildman–Crippen LogP) is 2.91. The first-order valence-corrected chi connectivity index (χ1v) is 10.6. The molecule has 2 N–H and O–H groups in total. The lowest BCUT2D eigenvalue weighted by atomic mass is 9.92. The second-order valence-corrected chi connectivity index (χ2v) is 8.39. The van der Waals surface area contributed by atoms with Gasteiger partial charge in [-0.25, -0.2) is 4.39 Å². The number of likely N-dealkylation sites (tertiary alicyclic amines) is 1. The van der Waals surface area contributed by atoms with E-state index in [1.54, 1.807) is 6.07 Å². The van der Waals surface area contributed by atoms with Crippen LogP contribution in [-0.4, -0.2) is 68.4 Å². The number of likely N-dealkylation sites (N-methyl/N-ethyl adjacent to an activating group) is 2. The minimum atomic E-state index is -0.180. The largest absolute Gasteiger partial charge is 0.492 e. The molecule has 1 aliphatic heterocycles. The van der Waals surface area contributed by atoms with E-state index in [-0.39, 0.29) is 30.4 Å². The van der Waals surface area contributed by atoms with Crippen molar-refractivity contribution in [1.82, 2.24) is 15.1 Å². The molecule has 5 nitrogen and oxygen atoms in total. The zero-order chi connectivity index (χ0) is 21.5. The number of halogens is 1. The van der Waals surface area contributed by atoms with Crippen LogP contribution in [0, 0.1) is 11.7 Å². The van der Waals surface area contributed by atoms with E-state index >= 15 is 0 Å². The van der Waals surface area contributed by atoms with Gasteiger partial charge < -0.3 is 20.1 Å². The van der Waals surface area contributed by atoms with Crippen LogP contribution in [0.5, 0.6) is 5.75 Å². The van der Waals surface area contributed by atoms with Crippen molar-refractivity contribution in [3.05, 3.63) is 65.5 Å². The van der Waals surface area contributed by atoms with Gasteiger partial charge in [0.2, 0.25) is 0 Å². The van der Waals surface area contributed by atoms with E-state index in [2.05, 4.69) is 27.2 Å². The molecule has 1 heterocycles. The summed E-state index contributed by atoms with van der Waals surface area (Å²) in [5.41, 5.74) is 1.86. The van der Waals surface area contributed by atoms with Gasteiger partial charge in [-0.3, -0.25) is 4.90 Å². The van der Waals surface area contributed by atoms with Gasteiger partial charge in [0.1, 0.15) is 18.2 Å². The van der Waals surface area contributed by atoms with Crippen LogP contribution < -0.4 is 10.1 Å². The van der Waals surface area contributed by atoms with Crippen molar-refractivity contribution in [2.75, 3.05) is 47.4 Å². The van der Waals surface area contributed by atoms with Crippen LogP contribution >= 0.6 is 0 Å². The Labute approximate surface area is 179 Å². The van der Waals surface area contributed by atoms with Crippen LogP contribution in [0.25, 0.3) is 0 Å². The molecule has 0 radical (unpaired) electrons. The molecule has 3 atom stereocenters. The number of hydrogen-bond donors (Lipinski definition) is 2. The molecule has 1 saturated heterocycles. The molecule has 164 valence electrons. The van der Waals surface area contributed by atoms with Gasteiger partial charge >= 0.3 is 0 Å². The molecule has 0 aliphatic carbocycles. The van der Waals surface area contributed by atoms with Gasteiger partial charge in [0, 0.05) is 37.3 Å². The summed E-state index contributed by atoms with van der Waals surface area (Å²) in [5.74, 6) is 0.922. The lowest BCUT2D eigenvalue weighted by molar-refractivity contribution is 0.151. The van der Waals surface area contributed by atoms with Crippen molar-refractivity contribution >= 4 is 0 Å². The third-order valence-corrected chi connectivity index (χ3v) is 5.91. The molecule has 0 unspecified atom stereocenters. The molecule has 0 amide bonds. The highest BCUT2D eigenvalue weighted by Crippen LogP contribution is 2.40. The molecule has 6 heteroatoms. The molecular weight excluding hydrogens is 381 g/mol. The van der Waals surface area contributed by atoms with Crippen molar-refractivity contribution in [2.24, 2.45) is 5.92 Å².